The molecular weight excluding hydrogens is 301 g/mol. The predicted molar refractivity (Wildman–Crippen MR) is 77.5 cm³/mol. The quantitative estimate of drug-likeness (QED) is 0.393. The second kappa shape index (κ2) is 6.45. The molecule has 3 N–H and O–H groups in total. The van der Waals surface area contributed by atoms with Gasteiger partial charge in [0.25, 0.3) is 0 Å². The molecule has 2 rings (SSSR count). The van der Waals surface area contributed by atoms with E-state index in [1.165, 1.54) is 0 Å². The lowest BCUT2D eigenvalue weighted by atomic mass is 10.2. The lowest BCUT2D eigenvalue weighted by molar-refractivity contribution is 0.306. The molecule has 104 valence electrons. The summed E-state index contributed by atoms with van der Waals surface area (Å²) in [5.41, 5.74) is 6.78. The summed E-state index contributed by atoms with van der Waals surface area (Å²) in [6.45, 7) is 0.268. The third-order valence-electron chi connectivity index (χ3n) is 2.57. The lowest BCUT2D eigenvalue weighted by Crippen LogP contribution is -2.12. The first kappa shape index (κ1) is 14.4. The molecule has 0 fully saturated rings. The number of halogens is 2. The number of rotatable bonds is 4. The maximum atomic E-state index is 8.60. The molecule has 0 spiro atoms. The first-order valence-corrected chi connectivity index (χ1v) is 6.36. The van der Waals surface area contributed by atoms with Gasteiger partial charge in [-0.05, 0) is 24.3 Å². The Morgan fingerprint density at radius 1 is 1.30 bits per heavy atom. The van der Waals surface area contributed by atoms with E-state index in [-0.39, 0.29) is 12.4 Å². The maximum absolute atomic E-state index is 8.60. The van der Waals surface area contributed by atoms with Crippen molar-refractivity contribution in [3.8, 4) is 5.75 Å². The van der Waals surface area contributed by atoms with Crippen molar-refractivity contribution in [2.45, 2.75) is 6.61 Å². The molecule has 0 amide bonds. The molecule has 0 unspecified atom stereocenters. The van der Waals surface area contributed by atoms with Crippen LogP contribution in [0.4, 0.5) is 0 Å². The Morgan fingerprint density at radius 2 is 2.10 bits per heavy atom. The zero-order chi connectivity index (χ0) is 14.5. The summed E-state index contributed by atoms with van der Waals surface area (Å²) in [6, 6.07) is 6.61. The van der Waals surface area contributed by atoms with Crippen molar-refractivity contribution < 1.29 is 9.94 Å². The topological polar surface area (TPSA) is 80.7 Å². The van der Waals surface area contributed by atoms with Crippen molar-refractivity contribution >= 4 is 29.0 Å². The number of amidine groups is 1. The standard InChI is InChI=1S/C13H11Cl2N3O2/c14-10-5-8(13(16)18-19)1-2-12(10)20-7-9-3-4-17-6-11(9)15/h1-6,19H,7H2,(H2,16,18). The van der Waals surface area contributed by atoms with Gasteiger partial charge in [0.2, 0.25) is 0 Å². The molecule has 5 nitrogen and oxygen atoms in total. The summed E-state index contributed by atoms with van der Waals surface area (Å²) in [4.78, 5) is 3.89. The van der Waals surface area contributed by atoms with Gasteiger partial charge in [0.1, 0.15) is 12.4 Å². The Balaban J connectivity index is 2.13. The number of pyridine rings is 1. The Bertz CT molecular complexity index is 647. The van der Waals surface area contributed by atoms with E-state index < -0.39 is 0 Å². The van der Waals surface area contributed by atoms with Gasteiger partial charge >= 0.3 is 0 Å². The van der Waals surface area contributed by atoms with Gasteiger partial charge in [-0.25, -0.2) is 0 Å². The molecule has 0 saturated heterocycles. The number of hydrogen-bond acceptors (Lipinski definition) is 4. The Morgan fingerprint density at radius 3 is 2.75 bits per heavy atom. The van der Waals surface area contributed by atoms with Gasteiger partial charge in [-0.1, -0.05) is 28.4 Å². The third kappa shape index (κ3) is 3.31. The van der Waals surface area contributed by atoms with E-state index in [0.717, 1.165) is 5.56 Å². The van der Waals surface area contributed by atoms with Gasteiger partial charge < -0.3 is 15.7 Å². The van der Waals surface area contributed by atoms with E-state index in [0.29, 0.717) is 21.4 Å². The van der Waals surface area contributed by atoms with Crippen LogP contribution in [0, 0.1) is 0 Å². The molecule has 7 heteroatoms. The van der Waals surface area contributed by atoms with Crippen LogP contribution in [0.15, 0.2) is 41.8 Å². The minimum atomic E-state index is -0.0179. The SMILES string of the molecule is NC(=NO)c1ccc(OCc2ccncc2Cl)c(Cl)c1. The fraction of sp³-hybridized carbons (Fsp3) is 0.0769. The Labute approximate surface area is 125 Å². The fourth-order valence-corrected chi connectivity index (χ4v) is 1.92. The van der Waals surface area contributed by atoms with E-state index in [2.05, 4.69) is 10.1 Å². The van der Waals surface area contributed by atoms with Gasteiger partial charge in [-0.15, -0.1) is 0 Å². The largest absolute Gasteiger partial charge is 0.487 e. The van der Waals surface area contributed by atoms with E-state index in [1.54, 1.807) is 36.7 Å². The van der Waals surface area contributed by atoms with Crippen molar-refractivity contribution in [1.82, 2.24) is 4.98 Å². The van der Waals surface area contributed by atoms with Gasteiger partial charge in [0.15, 0.2) is 5.84 Å². The number of oxime groups is 1. The number of nitrogens with zero attached hydrogens (tertiary/aromatic N) is 2. The molecule has 0 atom stereocenters. The van der Waals surface area contributed by atoms with Crippen LogP contribution < -0.4 is 10.5 Å². The molecule has 1 aromatic carbocycles. The van der Waals surface area contributed by atoms with Crippen LogP contribution in [0.1, 0.15) is 11.1 Å². The van der Waals surface area contributed by atoms with Gasteiger partial charge in [0, 0.05) is 23.5 Å². The fourth-order valence-electron chi connectivity index (χ4n) is 1.51. The molecule has 0 aliphatic rings. The number of ether oxygens (including phenoxy) is 1. The molecule has 1 heterocycles. The van der Waals surface area contributed by atoms with Crippen molar-refractivity contribution in [2.75, 3.05) is 0 Å². The van der Waals surface area contributed by atoms with Crippen LogP contribution in [0.2, 0.25) is 10.0 Å². The summed E-state index contributed by atoms with van der Waals surface area (Å²) in [5.74, 6) is 0.463. The van der Waals surface area contributed by atoms with Crippen LogP contribution in [0.3, 0.4) is 0 Å². The van der Waals surface area contributed by atoms with Gasteiger partial charge in [-0.2, -0.15) is 0 Å². The van der Waals surface area contributed by atoms with Crippen LogP contribution >= 0.6 is 23.2 Å². The highest BCUT2D eigenvalue weighted by Crippen LogP contribution is 2.27. The summed E-state index contributed by atoms with van der Waals surface area (Å²) in [6.07, 6.45) is 3.18. The normalized spacial score (nSPS) is 11.4. The Hall–Kier alpha value is -1.98. The highest BCUT2D eigenvalue weighted by Gasteiger charge is 2.07. The van der Waals surface area contributed by atoms with Gasteiger partial charge in [0.05, 0.1) is 10.0 Å². The average molecular weight is 312 g/mol. The number of hydrogen-bond donors (Lipinski definition) is 2. The second-order valence-corrected chi connectivity index (χ2v) is 4.70. The summed E-state index contributed by atoms with van der Waals surface area (Å²) in [5, 5.41) is 12.4. The van der Waals surface area contributed by atoms with Crippen molar-refractivity contribution in [2.24, 2.45) is 10.9 Å². The molecule has 0 bridgehead atoms. The highest BCUT2D eigenvalue weighted by molar-refractivity contribution is 6.32. The number of benzene rings is 1. The summed E-state index contributed by atoms with van der Waals surface area (Å²) >= 11 is 12.1. The average Bonchev–Trinajstić information content (AvgIpc) is 2.46. The molecule has 1 aromatic heterocycles. The van der Waals surface area contributed by atoms with E-state index in [9.17, 15) is 0 Å². The molecule has 20 heavy (non-hydrogen) atoms. The van der Waals surface area contributed by atoms with Crippen LogP contribution in [-0.2, 0) is 6.61 Å². The van der Waals surface area contributed by atoms with E-state index in [4.69, 9.17) is 38.9 Å². The lowest BCUT2D eigenvalue weighted by Gasteiger charge is -2.10. The maximum Gasteiger partial charge on any atom is 0.170 e. The smallest absolute Gasteiger partial charge is 0.170 e. The molecular formula is C13H11Cl2N3O2. The zero-order valence-corrected chi connectivity index (χ0v) is 11.8. The molecule has 0 aliphatic heterocycles. The summed E-state index contributed by atoms with van der Waals surface area (Å²) < 4.78 is 5.58. The van der Waals surface area contributed by atoms with Crippen molar-refractivity contribution in [3.05, 3.63) is 57.8 Å². The molecule has 2 aromatic rings. The second-order valence-electron chi connectivity index (χ2n) is 3.89. The third-order valence-corrected chi connectivity index (χ3v) is 3.21. The monoisotopic (exact) mass is 311 g/mol. The molecule has 0 saturated carbocycles. The first-order chi connectivity index (χ1) is 9.61. The molecule has 0 radical (unpaired) electrons. The van der Waals surface area contributed by atoms with Gasteiger partial charge in [-0.3, -0.25) is 4.98 Å². The summed E-state index contributed by atoms with van der Waals surface area (Å²) in [7, 11) is 0. The van der Waals surface area contributed by atoms with Crippen LogP contribution in [0.5, 0.6) is 5.75 Å². The highest BCUT2D eigenvalue weighted by atomic mass is 35.5. The van der Waals surface area contributed by atoms with Crippen molar-refractivity contribution in [3.63, 3.8) is 0 Å². The zero-order valence-electron chi connectivity index (χ0n) is 10.3. The minimum absolute atomic E-state index is 0.0179. The van der Waals surface area contributed by atoms with E-state index >= 15 is 0 Å². The van der Waals surface area contributed by atoms with Crippen molar-refractivity contribution in [1.29, 1.82) is 0 Å². The Kier molecular flexibility index (Phi) is 4.65. The van der Waals surface area contributed by atoms with Crippen LogP contribution in [0.25, 0.3) is 0 Å². The van der Waals surface area contributed by atoms with Crippen LogP contribution in [-0.4, -0.2) is 16.0 Å². The minimum Gasteiger partial charge on any atom is -0.487 e. The number of nitrogens with two attached hydrogens (primary N) is 1. The number of aromatic nitrogens is 1. The molecule has 0 aliphatic carbocycles. The first-order valence-electron chi connectivity index (χ1n) is 5.60. The van der Waals surface area contributed by atoms with E-state index in [1.807, 2.05) is 0 Å². The predicted octanol–water partition coefficient (Wildman–Crippen LogP) is 3.06.